The maximum Gasteiger partial charge on any atom is 0.490 e. The first-order valence-electron chi connectivity index (χ1n) is 7.99. The van der Waals surface area contributed by atoms with E-state index in [1.807, 2.05) is 4.98 Å². The lowest BCUT2D eigenvalue weighted by molar-refractivity contribution is -0.0478. The molecule has 6 atom stereocenters. The largest absolute Gasteiger partial charge is 0.490 e. The van der Waals surface area contributed by atoms with Gasteiger partial charge < -0.3 is 29.4 Å². The van der Waals surface area contributed by atoms with Crippen molar-refractivity contribution < 1.29 is 56.3 Å². The molecule has 22 heteroatoms. The Morgan fingerprint density at radius 3 is 2.41 bits per heavy atom. The SMILES string of the molecule is C[C@]1(N=[N+]=[N-])C(n2ccc(=O)[nH]c2=O)O[C@H](COP(=O)(O)OP(=O)(O)OP(=O)(O)O)[C@H]1O. The summed E-state index contributed by atoms with van der Waals surface area (Å²) < 4.78 is 51.4. The number of phosphoric acid groups is 3. The molecular weight excluding hydrogens is 507 g/mol. The second kappa shape index (κ2) is 9.29. The fourth-order valence-electron chi connectivity index (χ4n) is 2.67. The lowest BCUT2D eigenvalue weighted by Gasteiger charge is -2.28. The summed E-state index contributed by atoms with van der Waals surface area (Å²) in [5, 5.41) is 13.9. The fourth-order valence-corrected chi connectivity index (χ4v) is 5.70. The molecule has 1 aliphatic rings. The van der Waals surface area contributed by atoms with Crippen LogP contribution >= 0.6 is 23.5 Å². The molecule has 1 fully saturated rings. The number of H-pyrrole nitrogens is 1. The summed E-state index contributed by atoms with van der Waals surface area (Å²) in [6, 6.07) is 0.924. The summed E-state index contributed by atoms with van der Waals surface area (Å²) in [6.07, 6.45) is -3.99. The van der Waals surface area contributed by atoms with Gasteiger partial charge in [-0.2, -0.15) is 8.62 Å². The maximum absolute atomic E-state index is 12.1. The number of aliphatic hydroxyl groups excluding tert-OH is 1. The lowest BCUT2D eigenvalue weighted by atomic mass is 9.93. The smallest absolute Gasteiger partial charge is 0.389 e. The number of aromatic amines is 1. The molecule has 6 N–H and O–H groups in total. The molecule has 1 aliphatic heterocycles. The van der Waals surface area contributed by atoms with E-state index in [0.717, 1.165) is 23.8 Å². The molecule has 0 radical (unpaired) electrons. The van der Waals surface area contributed by atoms with Gasteiger partial charge in [-0.3, -0.25) is 18.9 Å². The van der Waals surface area contributed by atoms with Crippen LogP contribution in [0.25, 0.3) is 10.4 Å². The van der Waals surface area contributed by atoms with E-state index in [1.165, 1.54) is 0 Å². The van der Waals surface area contributed by atoms with Gasteiger partial charge in [-0.25, -0.2) is 18.5 Å². The fraction of sp³-hybridized carbons (Fsp3) is 0.600. The minimum Gasteiger partial charge on any atom is -0.389 e. The standard InChI is InChI=1S/C10H16N5O14P3/c1-10(13-14-11)7(17)5(27-8(10)15-3-2-6(16)12-9(15)18)4-26-31(22,23)29-32(24,25)28-30(19,20)21/h2-3,5,7-8,17H,4H2,1H3,(H,22,23)(H,24,25)(H,12,16,18)(H2,19,20,21)/t5-,7-,8?,10-/m1/s1. The average molecular weight is 523 g/mol. The summed E-state index contributed by atoms with van der Waals surface area (Å²) in [5.41, 5.74) is 5.14. The summed E-state index contributed by atoms with van der Waals surface area (Å²) >= 11 is 0. The van der Waals surface area contributed by atoms with Gasteiger partial charge in [-0.05, 0) is 12.5 Å². The van der Waals surface area contributed by atoms with Crippen molar-refractivity contribution in [3.05, 3.63) is 43.5 Å². The van der Waals surface area contributed by atoms with E-state index in [2.05, 4.69) is 23.2 Å². The van der Waals surface area contributed by atoms with Crippen LogP contribution in [0.4, 0.5) is 0 Å². The van der Waals surface area contributed by atoms with Crippen LogP contribution < -0.4 is 11.2 Å². The first-order valence-corrected chi connectivity index (χ1v) is 12.5. The van der Waals surface area contributed by atoms with E-state index < -0.39 is 65.3 Å². The molecule has 2 rings (SSSR count). The van der Waals surface area contributed by atoms with Crippen molar-refractivity contribution in [1.29, 1.82) is 0 Å². The number of nitrogens with zero attached hydrogens (tertiary/aromatic N) is 4. The lowest BCUT2D eigenvalue weighted by Crippen LogP contribution is -2.45. The van der Waals surface area contributed by atoms with Gasteiger partial charge >= 0.3 is 29.2 Å². The first kappa shape index (κ1) is 26.6. The number of hydrogen-bond donors (Lipinski definition) is 6. The van der Waals surface area contributed by atoms with Gasteiger partial charge in [0.05, 0.1) is 12.7 Å². The zero-order chi connectivity index (χ0) is 24.5. The molecule has 0 saturated carbocycles. The highest BCUT2D eigenvalue weighted by Crippen LogP contribution is 2.66. The van der Waals surface area contributed by atoms with Crippen molar-refractivity contribution in [2.75, 3.05) is 6.61 Å². The molecule has 0 aliphatic carbocycles. The number of azide groups is 1. The van der Waals surface area contributed by atoms with Crippen LogP contribution in [0.2, 0.25) is 0 Å². The predicted molar refractivity (Wildman–Crippen MR) is 98.6 cm³/mol. The number of phosphoric ester groups is 1. The van der Waals surface area contributed by atoms with Crippen LogP contribution in [0, 0.1) is 0 Å². The van der Waals surface area contributed by atoms with Gasteiger partial charge in [0.1, 0.15) is 11.6 Å². The van der Waals surface area contributed by atoms with Crippen molar-refractivity contribution >= 4 is 23.5 Å². The maximum atomic E-state index is 12.1. The van der Waals surface area contributed by atoms with Crippen molar-refractivity contribution in [2.24, 2.45) is 5.11 Å². The van der Waals surface area contributed by atoms with Gasteiger partial charge in [0.15, 0.2) is 6.23 Å². The Labute approximate surface area is 176 Å². The third kappa shape index (κ3) is 6.43. The number of rotatable bonds is 9. The summed E-state index contributed by atoms with van der Waals surface area (Å²) in [4.78, 5) is 63.4. The Kier molecular flexibility index (Phi) is 7.71. The number of aliphatic hydroxyl groups is 1. The minimum atomic E-state index is -5.77. The molecule has 180 valence electrons. The van der Waals surface area contributed by atoms with Gasteiger partial charge in [-0.15, -0.1) is 0 Å². The molecule has 1 aromatic heterocycles. The molecular formula is C10H16N5O14P3. The molecule has 3 unspecified atom stereocenters. The zero-order valence-electron chi connectivity index (χ0n) is 15.6. The second-order valence-electron chi connectivity index (χ2n) is 6.29. The van der Waals surface area contributed by atoms with E-state index in [4.69, 9.17) is 24.9 Å². The third-order valence-corrected chi connectivity index (χ3v) is 7.74. The Hall–Kier alpha value is -1.68. The Morgan fingerprint density at radius 1 is 1.25 bits per heavy atom. The summed E-state index contributed by atoms with van der Waals surface area (Å²) in [5.74, 6) is 0. The molecule has 0 bridgehead atoms. The Bertz CT molecular complexity index is 1170. The number of aromatic nitrogens is 2. The van der Waals surface area contributed by atoms with Crippen molar-refractivity contribution in [3.63, 3.8) is 0 Å². The molecule has 19 nitrogen and oxygen atoms in total. The van der Waals surface area contributed by atoms with Crippen LogP contribution in [-0.2, 0) is 31.6 Å². The normalized spacial score (nSPS) is 29.6. The first-order chi connectivity index (χ1) is 14.5. The van der Waals surface area contributed by atoms with Gasteiger partial charge in [-0.1, -0.05) is 5.11 Å². The van der Waals surface area contributed by atoms with Crippen molar-refractivity contribution in [1.82, 2.24) is 9.55 Å². The highest BCUT2D eigenvalue weighted by molar-refractivity contribution is 7.66. The van der Waals surface area contributed by atoms with Crippen molar-refractivity contribution in [2.45, 2.75) is 30.9 Å². The number of hydrogen-bond acceptors (Lipinski definition) is 11. The quantitative estimate of drug-likeness (QED) is 0.100. The van der Waals surface area contributed by atoms with Crippen LogP contribution in [0.15, 0.2) is 27.0 Å². The minimum absolute atomic E-state index is 0.754. The van der Waals surface area contributed by atoms with E-state index in [1.54, 1.807) is 0 Å². The van der Waals surface area contributed by atoms with E-state index in [9.17, 15) is 33.3 Å². The predicted octanol–water partition coefficient (Wildman–Crippen LogP) is -0.793. The van der Waals surface area contributed by atoms with E-state index in [0.29, 0.717) is 0 Å². The molecule has 2 heterocycles. The molecule has 0 aromatic carbocycles. The Balaban J connectivity index is 2.24. The third-order valence-electron chi connectivity index (χ3n) is 3.94. The average Bonchev–Trinajstić information content (AvgIpc) is 2.82. The number of nitrogens with one attached hydrogen (secondary N) is 1. The molecule has 32 heavy (non-hydrogen) atoms. The Morgan fingerprint density at radius 2 is 1.88 bits per heavy atom. The van der Waals surface area contributed by atoms with Crippen LogP contribution in [-0.4, -0.2) is 58.6 Å². The molecule has 0 spiro atoms. The van der Waals surface area contributed by atoms with Crippen LogP contribution in [0.3, 0.4) is 0 Å². The summed E-state index contributed by atoms with van der Waals surface area (Å²) in [6.45, 7) is 0.0838. The number of ether oxygens (including phenoxy) is 1. The monoisotopic (exact) mass is 523 g/mol. The highest BCUT2D eigenvalue weighted by atomic mass is 31.3. The van der Waals surface area contributed by atoms with Gasteiger partial charge in [0.25, 0.3) is 5.56 Å². The van der Waals surface area contributed by atoms with Crippen molar-refractivity contribution in [3.8, 4) is 0 Å². The molecule has 0 amide bonds. The highest BCUT2D eigenvalue weighted by Gasteiger charge is 2.55. The second-order valence-corrected chi connectivity index (χ2v) is 10.7. The van der Waals surface area contributed by atoms with E-state index in [-0.39, 0.29) is 0 Å². The van der Waals surface area contributed by atoms with Gasteiger partial charge in [0.2, 0.25) is 0 Å². The van der Waals surface area contributed by atoms with Gasteiger partial charge in [0, 0.05) is 17.2 Å². The molecule has 1 saturated heterocycles. The van der Waals surface area contributed by atoms with E-state index >= 15 is 0 Å². The summed E-state index contributed by atoms with van der Waals surface area (Å²) in [7, 11) is -16.9. The van der Waals surface area contributed by atoms with Crippen LogP contribution in [0.1, 0.15) is 13.2 Å². The molecule has 1 aromatic rings. The topological polar surface area (TPSA) is 293 Å². The van der Waals surface area contributed by atoms with Crippen LogP contribution in [0.5, 0.6) is 0 Å². The zero-order valence-corrected chi connectivity index (χ0v) is 18.3.